The molecular weight excluding hydrogens is 514 g/mol. The number of aromatic amines is 1. The van der Waals surface area contributed by atoms with E-state index in [0.717, 1.165) is 83.9 Å². The van der Waals surface area contributed by atoms with Crippen LogP contribution in [0.3, 0.4) is 0 Å². The van der Waals surface area contributed by atoms with Crippen molar-refractivity contribution in [3.63, 3.8) is 0 Å². The first kappa shape index (κ1) is 26.3. The van der Waals surface area contributed by atoms with Crippen LogP contribution in [0.25, 0.3) is 28.3 Å². The number of benzene rings is 1. The second-order valence-electron chi connectivity index (χ2n) is 9.32. The Morgan fingerprint density at radius 3 is 2.79 bits per heavy atom. The van der Waals surface area contributed by atoms with Gasteiger partial charge in [-0.1, -0.05) is 6.07 Å². The SMILES string of the molecule is Cc1cccc(-c2[nH]c(CNc3cc(C#N)cc(CN4CCOCC4)c3)nc2-c2ccc3ncnn3c2)n1.Cl. The minimum atomic E-state index is 0. The van der Waals surface area contributed by atoms with Crippen LogP contribution in [-0.4, -0.2) is 60.8 Å². The molecule has 1 aliphatic heterocycles. The highest BCUT2D eigenvalue weighted by Gasteiger charge is 2.17. The highest BCUT2D eigenvalue weighted by Crippen LogP contribution is 2.30. The Balaban J connectivity index is 0.00000308. The summed E-state index contributed by atoms with van der Waals surface area (Å²) in [5.41, 5.74) is 7.65. The van der Waals surface area contributed by atoms with Crippen LogP contribution in [-0.2, 0) is 17.8 Å². The number of aryl methyl sites for hydroxylation is 1. The number of imidazole rings is 1. The molecule has 5 aromatic rings. The molecule has 0 unspecified atom stereocenters. The molecule has 198 valence electrons. The van der Waals surface area contributed by atoms with Crippen LogP contribution < -0.4 is 5.32 Å². The molecule has 1 fully saturated rings. The number of hydrogen-bond acceptors (Lipinski definition) is 8. The number of halogens is 1. The standard InChI is InChI=1S/C28H27N9O.ClH/c1-19-3-2-4-24(33-19)28-27(22-5-6-26-31-18-32-37(26)17-22)34-25(35-28)15-30-23-12-20(14-29)11-21(13-23)16-36-7-9-38-10-8-36;/h2-6,11-13,17-18,30H,7-10,15-16H2,1H3,(H,34,35);1H. The fourth-order valence-electron chi connectivity index (χ4n) is 4.69. The molecule has 1 aliphatic rings. The maximum atomic E-state index is 9.60. The molecule has 0 saturated carbocycles. The summed E-state index contributed by atoms with van der Waals surface area (Å²) in [4.78, 5) is 19.7. The van der Waals surface area contributed by atoms with E-state index >= 15 is 0 Å². The van der Waals surface area contributed by atoms with Crippen LogP contribution in [0.5, 0.6) is 0 Å². The lowest BCUT2D eigenvalue weighted by molar-refractivity contribution is 0.0342. The van der Waals surface area contributed by atoms with Gasteiger partial charge in [-0.15, -0.1) is 12.4 Å². The number of ether oxygens (including phenoxy) is 1. The summed E-state index contributed by atoms with van der Waals surface area (Å²) >= 11 is 0. The Labute approximate surface area is 232 Å². The van der Waals surface area contributed by atoms with Crippen LogP contribution in [0.2, 0.25) is 0 Å². The van der Waals surface area contributed by atoms with Crippen molar-refractivity contribution in [1.29, 1.82) is 5.26 Å². The molecule has 4 aromatic heterocycles. The smallest absolute Gasteiger partial charge is 0.155 e. The number of morpholine rings is 1. The fraction of sp³-hybridized carbons (Fsp3) is 0.250. The molecule has 0 radical (unpaired) electrons. The van der Waals surface area contributed by atoms with Gasteiger partial charge in [0.15, 0.2) is 5.65 Å². The number of anilines is 1. The second kappa shape index (κ2) is 11.6. The zero-order valence-electron chi connectivity index (χ0n) is 21.5. The van der Waals surface area contributed by atoms with Gasteiger partial charge in [-0.2, -0.15) is 10.4 Å². The first-order valence-electron chi connectivity index (χ1n) is 12.6. The summed E-state index contributed by atoms with van der Waals surface area (Å²) in [6.07, 6.45) is 3.45. The van der Waals surface area contributed by atoms with Crippen LogP contribution in [0, 0.1) is 18.3 Å². The Morgan fingerprint density at radius 1 is 1.10 bits per heavy atom. The van der Waals surface area contributed by atoms with E-state index in [9.17, 15) is 5.26 Å². The summed E-state index contributed by atoms with van der Waals surface area (Å²) in [6, 6.07) is 18.1. The van der Waals surface area contributed by atoms with Crippen molar-refractivity contribution in [3.8, 4) is 28.7 Å². The zero-order valence-corrected chi connectivity index (χ0v) is 22.3. The highest BCUT2D eigenvalue weighted by molar-refractivity contribution is 5.85. The first-order chi connectivity index (χ1) is 18.6. The molecule has 0 aliphatic carbocycles. The van der Waals surface area contributed by atoms with E-state index in [2.05, 4.69) is 37.4 Å². The lowest BCUT2D eigenvalue weighted by atomic mass is 10.1. The Kier molecular flexibility index (Phi) is 7.84. The average Bonchev–Trinajstić information content (AvgIpc) is 3.59. The number of pyridine rings is 2. The minimum absolute atomic E-state index is 0. The quantitative estimate of drug-likeness (QED) is 0.314. The molecule has 0 atom stereocenters. The maximum absolute atomic E-state index is 9.60. The van der Waals surface area contributed by atoms with Crippen molar-refractivity contribution in [2.45, 2.75) is 20.0 Å². The third kappa shape index (κ3) is 5.91. The predicted octanol–water partition coefficient (Wildman–Crippen LogP) is 4.23. The summed E-state index contributed by atoms with van der Waals surface area (Å²) in [7, 11) is 0. The van der Waals surface area contributed by atoms with E-state index in [1.54, 1.807) is 4.52 Å². The molecule has 2 N–H and O–H groups in total. The lowest BCUT2D eigenvalue weighted by Crippen LogP contribution is -2.35. The van der Waals surface area contributed by atoms with Gasteiger partial charge in [0.25, 0.3) is 0 Å². The van der Waals surface area contributed by atoms with Gasteiger partial charge in [-0.25, -0.2) is 14.5 Å². The Hall–Kier alpha value is -4.30. The van der Waals surface area contributed by atoms with E-state index in [0.29, 0.717) is 12.1 Å². The van der Waals surface area contributed by atoms with E-state index in [-0.39, 0.29) is 12.4 Å². The predicted molar refractivity (Wildman–Crippen MR) is 150 cm³/mol. The van der Waals surface area contributed by atoms with Crippen molar-refractivity contribution in [3.05, 3.63) is 83.7 Å². The molecule has 39 heavy (non-hydrogen) atoms. The fourth-order valence-corrected chi connectivity index (χ4v) is 4.69. The Morgan fingerprint density at radius 2 is 1.97 bits per heavy atom. The van der Waals surface area contributed by atoms with E-state index in [1.807, 2.05) is 55.6 Å². The number of H-pyrrole nitrogens is 1. The number of fused-ring (bicyclic) bond motifs is 1. The van der Waals surface area contributed by atoms with Crippen LogP contribution >= 0.6 is 12.4 Å². The number of nitriles is 1. The van der Waals surface area contributed by atoms with Crippen molar-refractivity contribution < 1.29 is 4.74 Å². The normalized spacial score (nSPS) is 13.6. The Bertz CT molecular complexity index is 1630. The van der Waals surface area contributed by atoms with E-state index in [1.165, 1.54) is 6.33 Å². The molecule has 0 amide bonds. The molecule has 11 heteroatoms. The van der Waals surface area contributed by atoms with E-state index in [4.69, 9.17) is 14.7 Å². The molecule has 6 rings (SSSR count). The minimum Gasteiger partial charge on any atom is -0.379 e. The molecule has 0 bridgehead atoms. The van der Waals surface area contributed by atoms with Crippen molar-refractivity contribution in [2.24, 2.45) is 0 Å². The second-order valence-corrected chi connectivity index (χ2v) is 9.32. The van der Waals surface area contributed by atoms with E-state index < -0.39 is 0 Å². The van der Waals surface area contributed by atoms with Crippen LogP contribution in [0.1, 0.15) is 22.6 Å². The largest absolute Gasteiger partial charge is 0.379 e. The zero-order chi connectivity index (χ0) is 25.9. The van der Waals surface area contributed by atoms with Crippen molar-refractivity contribution >= 4 is 23.7 Å². The highest BCUT2D eigenvalue weighted by atomic mass is 35.5. The number of hydrogen-bond donors (Lipinski definition) is 2. The van der Waals surface area contributed by atoms with Crippen LogP contribution in [0.4, 0.5) is 5.69 Å². The van der Waals surface area contributed by atoms with Gasteiger partial charge < -0.3 is 15.0 Å². The van der Waals surface area contributed by atoms with Crippen LogP contribution in [0.15, 0.2) is 61.1 Å². The summed E-state index contributed by atoms with van der Waals surface area (Å²) in [5.74, 6) is 0.758. The molecule has 1 aromatic carbocycles. The van der Waals surface area contributed by atoms with Gasteiger partial charge in [0.1, 0.15) is 12.2 Å². The van der Waals surface area contributed by atoms with Gasteiger partial charge in [-0.05, 0) is 55.0 Å². The summed E-state index contributed by atoms with van der Waals surface area (Å²) in [5, 5.41) is 17.3. The number of nitrogens with zero attached hydrogens (tertiary/aromatic N) is 7. The third-order valence-corrected chi connectivity index (χ3v) is 6.54. The van der Waals surface area contributed by atoms with Gasteiger partial charge >= 0.3 is 0 Å². The molecule has 1 saturated heterocycles. The molecule has 5 heterocycles. The lowest BCUT2D eigenvalue weighted by Gasteiger charge is -2.26. The molecular formula is C28H28ClN9O. The molecule has 0 spiro atoms. The molecule has 10 nitrogen and oxygen atoms in total. The number of rotatable bonds is 7. The van der Waals surface area contributed by atoms with Crippen molar-refractivity contribution in [1.82, 2.24) is 34.4 Å². The van der Waals surface area contributed by atoms with Gasteiger partial charge in [-0.3, -0.25) is 9.88 Å². The third-order valence-electron chi connectivity index (χ3n) is 6.54. The van der Waals surface area contributed by atoms with Gasteiger partial charge in [0.05, 0.1) is 48.5 Å². The number of nitrogens with one attached hydrogen (secondary N) is 2. The summed E-state index contributed by atoms with van der Waals surface area (Å²) < 4.78 is 7.20. The van der Waals surface area contributed by atoms with Crippen molar-refractivity contribution in [2.75, 3.05) is 31.6 Å². The van der Waals surface area contributed by atoms with Gasteiger partial charge in [0.2, 0.25) is 0 Å². The maximum Gasteiger partial charge on any atom is 0.155 e. The number of aromatic nitrogens is 6. The topological polar surface area (TPSA) is 120 Å². The average molecular weight is 542 g/mol. The monoisotopic (exact) mass is 541 g/mol. The first-order valence-corrected chi connectivity index (χ1v) is 12.6. The summed E-state index contributed by atoms with van der Waals surface area (Å²) in [6.45, 7) is 6.48. The van der Waals surface area contributed by atoms with Gasteiger partial charge in [0, 0.05) is 42.8 Å².